The van der Waals surface area contributed by atoms with Gasteiger partial charge in [0.05, 0.1) is 0 Å². The Morgan fingerprint density at radius 2 is 1.53 bits per heavy atom. The van der Waals surface area contributed by atoms with Crippen molar-refractivity contribution >= 4 is 4.83 Å². The molecule has 0 amide bonds. The predicted octanol–water partition coefficient (Wildman–Crippen LogP) is -1.40. The molecule has 0 aliphatic heterocycles. The molecule has 0 unspecified atom stereocenters. The van der Waals surface area contributed by atoms with E-state index in [9.17, 15) is 0 Å². The van der Waals surface area contributed by atoms with Gasteiger partial charge in [-0.05, 0) is 0 Å². The number of rotatable bonds is 2. The van der Waals surface area contributed by atoms with Crippen molar-refractivity contribution in [2.24, 2.45) is 0 Å². The Hall–Kier alpha value is 0.723. The first-order valence-electron chi connectivity index (χ1n) is 5.39. The summed E-state index contributed by atoms with van der Waals surface area (Å²) in [6.45, 7) is 9.34. The molecular formula is C13H17Cl2PZr. The molecule has 1 aromatic rings. The molecule has 17 heavy (non-hydrogen) atoms. The van der Waals surface area contributed by atoms with E-state index < -0.39 is 0 Å². The van der Waals surface area contributed by atoms with Gasteiger partial charge in [-0.2, -0.15) is 0 Å². The Morgan fingerprint density at radius 1 is 1.00 bits per heavy atom. The van der Waals surface area contributed by atoms with Crippen molar-refractivity contribution in [3.05, 3.63) is 43.2 Å². The zero-order valence-corrected chi connectivity index (χ0v) is 15.5. The van der Waals surface area contributed by atoms with Crippen LogP contribution in [0.2, 0.25) is 0 Å². The van der Waals surface area contributed by atoms with Crippen LogP contribution < -0.4 is 24.8 Å². The first-order chi connectivity index (χ1) is 7.11. The quantitative estimate of drug-likeness (QED) is 0.605. The van der Waals surface area contributed by atoms with Gasteiger partial charge in [0.15, 0.2) is 0 Å². The third-order valence-corrected chi connectivity index (χ3v) is 15.5. The average molecular weight is 366 g/mol. The standard InChI is InChI=1S/C8H12P.C5H5.2ClH.Zr/c1-5-6(2)8(4)9-7(5)3;1-2-4-5-3-1;;;/h1-4H3;1-3H,4H2;2*1H;/q-1;;;;+3/p-2. The van der Waals surface area contributed by atoms with E-state index in [1.165, 1.54) is 6.42 Å². The van der Waals surface area contributed by atoms with Crippen molar-refractivity contribution in [1.82, 2.24) is 0 Å². The summed E-state index contributed by atoms with van der Waals surface area (Å²) in [4.78, 5) is 0.164. The van der Waals surface area contributed by atoms with Crippen molar-refractivity contribution in [1.29, 1.82) is 0 Å². The van der Waals surface area contributed by atoms with E-state index in [4.69, 9.17) is 0 Å². The van der Waals surface area contributed by atoms with Gasteiger partial charge in [0.1, 0.15) is 0 Å². The van der Waals surface area contributed by atoms with Crippen molar-refractivity contribution in [2.75, 3.05) is 0 Å². The molecule has 1 aliphatic rings. The van der Waals surface area contributed by atoms with Crippen molar-refractivity contribution in [3.63, 3.8) is 0 Å². The Labute approximate surface area is 129 Å². The normalized spacial score (nSPS) is 12.6. The van der Waals surface area contributed by atoms with Crippen LogP contribution in [-0.4, -0.2) is 0 Å². The maximum atomic E-state index is 2.37. The van der Waals surface area contributed by atoms with Crippen molar-refractivity contribution in [2.45, 2.75) is 34.1 Å². The van der Waals surface area contributed by atoms with Crippen LogP contribution in [0.5, 0.6) is 0 Å². The molecule has 0 spiro atoms. The molecule has 0 radical (unpaired) electrons. The number of hydrogen-bond donors (Lipinski definition) is 0. The van der Waals surface area contributed by atoms with Gasteiger partial charge in [-0.25, -0.2) is 0 Å². The first-order valence-corrected chi connectivity index (χ1v) is 11.3. The van der Waals surface area contributed by atoms with Crippen LogP contribution in [0.1, 0.15) is 28.1 Å². The molecule has 0 bridgehead atoms. The van der Waals surface area contributed by atoms with Gasteiger partial charge in [0.2, 0.25) is 0 Å². The van der Waals surface area contributed by atoms with Gasteiger partial charge in [-0.1, -0.05) is 0 Å². The number of halogens is 2. The van der Waals surface area contributed by atoms with E-state index in [2.05, 4.69) is 45.9 Å². The summed E-state index contributed by atoms with van der Waals surface area (Å²) < 4.78 is 1.78. The molecule has 1 aromatic heterocycles. The van der Waals surface area contributed by atoms with Crippen LogP contribution in [0.3, 0.4) is 0 Å². The van der Waals surface area contributed by atoms with Crippen LogP contribution in [-0.2, 0) is 22.7 Å². The molecule has 0 atom stereocenters. The summed E-state index contributed by atoms with van der Waals surface area (Å²) in [5, 5.41) is 3.44. The van der Waals surface area contributed by atoms with E-state index in [1.54, 1.807) is 25.0 Å². The second-order valence-corrected chi connectivity index (χ2v) is 13.0. The van der Waals surface area contributed by atoms with E-state index >= 15 is 0 Å². The Kier molecular flexibility index (Phi) is 7.66. The zero-order chi connectivity index (χ0) is 11.0. The predicted molar refractivity (Wildman–Crippen MR) is 65.3 cm³/mol. The summed E-state index contributed by atoms with van der Waals surface area (Å²) in [5.74, 6) is 0. The van der Waals surface area contributed by atoms with Crippen LogP contribution >= 0.6 is 4.83 Å². The minimum atomic E-state index is -0.345. The van der Waals surface area contributed by atoms with Crippen LogP contribution in [0, 0.1) is 27.7 Å². The summed E-state index contributed by atoms with van der Waals surface area (Å²) in [5.41, 5.74) is 3.18. The molecule has 0 saturated carbocycles. The number of hydrogen-bond acceptors (Lipinski definition) is 0. The van der Waals surface area contributed by atoms with Crippen LogP contribution in [0.15, 0.2) is 21.5 Å². The summed E-state index contributed by atoms with van der Waals surface area (Å²) in [6, 6.07) is 0. The van der Waals surface area contributed by atoms with Crippen molar-refractivity contribution in [3.8, 4) is 0 Å². The van der Waals surface area contributed by atoms with Gasteiger partial charge in [0, 0.05) is 0 Å². The first kappa shape index (κ1) is 17.7. The molecule has 1 aliphatic carbocycles. The second kappa shape index (κ2) is 7.35. The molecule has 1 heterocycles. The summed E-state index contributed by atoms with van der Waals surface area (Å²) in [6.07, 6.45) is 8.17. The minimum Gasteiger partial charge on any atom is -1.00 e. The monoisotopic (exact) mass is 364 g/mol. The molecule has 0 N–H and O–H groups in total. The summed E-state index contributed by atoms with van der Waals surface area (Å²) in [7, 11) is 0. The van der Waals surface area contributed by atoms with Gasteiger partial charge in [-0.15, -0.1) is 0 Å². The fourth-order valence-electron chi connectivity index (χ4n) is 1.97. The van der Waals surface area contributed by atoms with Gasteiger partial charge in [-0.3, -0.25) is 0 Å². The van der Waals surface area contributed by atoms with Crippen LogP contribution in [0.4, 0.5) is 0 Å². The SMILES string of the molecule is Cc1c(C)c(C)[p]([Zr+2][C]2=CC=CC2)c1C.[Cl-].[Cl-]. The van der Waals surface area contributed by atoms with Gasteiger partial charge < -0.3 is 24.8 Å². The van der Waals surface area contributed by atoms with Crippen LogP contribution in [0.25, 0.3) is 0 Å². The largest absolute Gasteiger partial charge is 1.00 e. The molecule has 4 heteroatoms. The smallest absolute Gasteiger partial charge is 1.00 e. The minimum absolute atomic E-state index is 0. The Morgan fingerprint density at radius 3 is 1.94 bits per heavy atom. The van der Waals surface area contributed by atoms with Gasteiger partial charge >= 0.3 is 105 Å². The van der Waals surface area contributed by atoms with E-state index in [-0.39, 0.29) is 52.3 Å². The van der Waals surface area contributed by atoms with E-state index in [0.29, 0.717) is 0 Å². The number of allylic oxidation sites excluding steroid dienone is 4. The Bertz CT molecular complexity index is 433. The second-order valence-electron chi connectivity index (χ2n) is 4.19. The molecule has 92 valence electrons. The maximum Gasteiger partial charge on any atom is -1.00 e. The average Bonchev–Trinajstić information content (AvgIpc) is 2.79. The molecular weight excluding hydrogens is 349 g/mol. The molecule has 0 saturated heterocycles. The third kappa shape index (κ3) is 3.60. The fourth-order valence-corrected chi connectivity index (χ4v) is 13.1. The maximum absolute atomic E-state index is 2.37. The zero-order valence-electron chi connectivity index (χ0n) is 10.6. The third-order valence-electron chi connectivity index (χ3n) is 3.35. The molecule has 2 rings (SSSR count). The molecule has 0 nitrogen and oxygen atoms in total. The summed E-state index contributed by atoms with van der Waals surface area (Å²) >= 11 is -0.345. The van der Waals surface area contributed by atoms with E-state index in [1.807, 2.05) is 0 Å². The van der Waals surface area contributed by atoms with Crippen molar-refractivity contribution < 1.29 is 47.5 Å². The topological polar surface area (TPSA) is 0 Å². The molecule has 0 aromatic carbocycles. The fraction of sp³-hybridized carbons (Fsp3) is 0.385. The van der Waals surface area contributed by atoms with Gasteiger partial charge in [0.25, 0.3) is 0 Å². The Balaban J connectivity index is 0.00000128. The molecule has 0 fully saturated rings. The van der Waals surface area contributed by atoms with E-state index in [0.717, 1.165) is 0 Å².